The van der Waals surface area contributed by atoms with Crippen LogP contribution in [0.2, 0.25) is 0 Å². The van der Waals surface area contributed by atoms with Crippen molar-refractivity contribution >= 4 is 11.4 Å². The predicted octanol–water partition coefficient (Wildman–Crippen LogP) is 4.28. The van der Waals surface area contributed by atoms with Crippen LogP contribution in [0, 0.1) is 12.8 Å². The lowest BCUT2D eigenvalue weighted by molar-refractivity contribution is 0.500. The summed E-state index contributed by atoms with van der Waals surface area (Å²) >= 11 is 0. The number of aliphatic imine (C=N–C) groups is 1. The van der Waals surface area contributed by atoms with E-state index in [1.165, 1.54) is 37.0 Å². The molecule has 1 saturated carbocycles. The first-order valence-electron chi connectivity index (χ1n) is 5.87. The molecule has 0 radical (unpaired) electrons. The Balaban J connectivity index is 2.11. The predicted molar refractivity (Wildman–Crippen MR) is 65.9 cm³/mol. The van der Waals surface area contributed by atoms with Crippen LogP contribution in [-0.4, -0.2) is 5.71 Å². The molecule has 0 bridgehead atoms. The van der Waals surface area contributed by atoms with Crippen molar-refractivity contribution in [1.82, 2.24) is 0 Å². The van der Waals surface area contributed by atoms with Gasteiger partial charge in [0.05, 0.1) is 5.69 Å². The van der Waals surface area contributed by atoms with E-state index in [-0.39, 0.29) is 0 Å². The van der Waals surface area contributed by atoms with E-state index in [0.717, 1.165) is 11.6 Å². The van der Waals surface area contributed by atoms with Crippen molar-refractivity contribution in [2.45, 2.75) is 39.5 Å². The summed E-state index contributed by atoms with van der Waals surface area (Å²) in [6.07, 6.45) is 5.06. The first-order valence-corrected chi connectivity index (χ1v) is 5.87. The zero-order chi connectivity index (χ0) is 10.7. The average molecular weight is 201 g/mol. The van der Waals surface area contributed by atoms with Gasteiger partial charge in [-0.05, 0) is 50.7 Å². The molecule has 80 valence electrons. The highest BCUT2D eigenvalue weighted by Gasteiger charge is 2.13. The lowest BCUT2D eigenvalue weighted by Gasteiger charge is -2.19. The van der Waals surface area contributed by atoms with Crippen molar-refractivity contribution in [2.24, 2.45) is 10.9 Å². The van der Waals surface area contributed by atoms with Crippen LogP contribution in [0.3, 0.4) is 0 Å². The summed E-state index contributed by atoms with van der Waals surface area (Å²) in [5.74, 6) is 0.822. The Hall–Kier alpha value is -1.11. The minimum absolute atomic E-state index is 0.822. The number of aryl methyl sites for hydroxylation is 1. The zero-order valence-corrected chi connectivity index (χ0v) is 9.66. The molecule has 0 amide bonds. The van der Waals surface area contributed by atoms with Crippen LogP contribution in [0.4, 0.5) is 5.69 Å². The van der Waals surface area contributed by atoms with Crippen LogP contribution in [0.15, 0.2) is 29.3 Å². The third-order valence-electron chi connectivity index (χ3n) is 3.07. The molecule has 1 unspecified atom stereocenters. The lowest BCUT2D eigenvalue weighted by atomic mass is 9.89. The molecule has 0 heterocycles. The maximum atomic E-state index is 4.73. The van der Waals surface area contributed by atoms with Gasteiger partial charge in [-0.15, -0.1) is 0 Å². The number of hydrogen-bond acceptors (Lipinski definition) is 1. The SMILES string of the molecule is Cc1ccc(N=C2CCCC(C)C2)cc1. The molecule has 0 spiro atoms. The minimum Gasteiger partial charge on any atom is -0.258 e. The van der Waals surface area contributed by atoms with E-state index in [1.807, 2.05) is 0 Å². The fourth-order valence-electron chi connectivity index (χ4n) is 2.16. The molecule has 1 heteroatoms. The van der Waals surface area contributed by atoms with Gasteiger partial charge in [-0.1, -0.05) is 24.6 Å². The van der Waals surface area contributed by atoms with Gasteiger partial charge < -0.3 is 0 Å². The van der Waals surface area contributed by atoms with Gasteiger partial charge in [-0.2, -0.15) is 0 Å². The fourth-order valence-corrected chi connectivity index (χ4v) is 2.16. The first kappa shape index (κ1) is 10.4. The Morgan fingerprint density at radius 2 is 1.93 bits per heavy atom. The van der Waals surface area contributed by atoms with Crippen molar-refractivity contribution in [3.63, 3.8) is 0 Å². The lowest BCUT2D eigenvalue weighted by Crippen LogP contribution is -2.12. The summed E-state index contributed by atoms with van der Waals surface area (Å²) in [7, 11) is 0. The Morgan fingerprint density at radius 1 is 1.20 bits per heavy atom. The Bertz CT molecular complexity index is 348. The van der Waals surface area contributed by atoms with Gasteiger partial charge in [-0.25, -0.2) is 0 Å². The molecule has 0 aromatic heterocycles. The standard InChI is InChI=1S/C14H19N/c1-11-6-8-13(9-7-11)15-14-5-3-4-12(2)10-14/h6-9,12H,3-5,10H2,1-2H3. The van der Waals surface area contributed by atoms with Crippen LogP contribution >= 0.6 is 0 Å². The minimum atomic E-state index is 0.822. The van der Waals surface area contributed by atoms with Crippen LogP contribution in [-0.2, 0) is 0 Å². The highest BCUT2D eigenvalue weighted by molar-refractivity contribution is 5.87. The van der Waals surface area contributed by atoms with Gasteiger partial charge >= 0.3 is 0 Å². The Kier molecular flexibility index (Phi) is 3.20. The normalized spacial score (nSPS) is 24.4. The summed E-state index contributed by atoms with van der Waals surface area (Å²) in [4.78, 5) is 4.73. The number of nitrogens with zero attached hydrogens (tertiary/aromatic N) is 1. The van der Waals surface area contributed by atoms with Gasteiger partial charge in [-0.3, -0.25) is 4.99 Å². The van der Waals surface area contributed by atoms with Crippen molar-refractivity contribution in [3.05, 3.63) is 29.8 Å². The summed E-state index contributed by atoms with van der Waals surface area (Å²) in [6, 6.07) is 8.49. The second-order valence-corrected chi connectivity index (χ2v) is 4.72. The topological polar surface area (TPSA) is 12.4 Å². The second kappa shape index (κ2) is 4.61. The molecule has 1 fully saturated rings. The third-order valence-corrected chi connectivity index (χ3v) is 3.07. The molecule has 0 aliphatic heterocycles. The summed E-state index contributed by atoms with van der Waals surface area (Å²) < 4.78 is 0. The maximum Gasteiger partial charge on any atom is 0.0629 e. The van der Waals surface area contributed by atoms with Crippen molar-refractivity contribution < 1.29 is 0 Å². The fraction of sp³-hybridized carbons (Fsp3) is 0.500. The Labute approximate surface area is 92.2 Å². The molecular weight excluding hydrogens is 182 g/mol. The van der Waals surface area contributed by atoms with E-state index in [1.54, 1.807) is 0 Å². The molecule has 1 nitrogen and oxygen atoms in total. The van der Waals surface area contributed by atoms with Gasteiger partial charge in [0.2, 0.25) is 0 Å². The van der Waals surface area contributed by atoms with E-state index < -0.39 is 0 Å². The van der Waals surface area contributed by atoms with Gasteiger partial charge in [0, 0.05) is 5.71 Å². The average Bonchev–Trinajstić information content (AvgIpc) is 2.22. The molecular formula is C14H19N. The number of rotatable bonds is 1. The molecule has 0 N–H and O–H groups in total. The molecule has 1 aromatic rings. The van der Waals surface area contributed by atoms with E-state index in [0.29, 0.717) is 0 Å². The van der Waals surface area contributed by atoms with Crippen molar-refractivity contribution in [1.29, 1.82) is 0 Å². The van der Waals surface area contributed by atoms with Crippen LogP contribution in [0.1, 0.15) is 38.2 Å². The van der Waals surface area contributed by atoms with Crippen LogP contribution in [0.5, 0.6) is 0 Å². The zero-order valence-electron chi connectivity index (χ0n) is 9.66. The second-order valence-electron chi connectivity index (χ2n) is 4.72. The number of benzene rings is 1. The molecule has 1 aliphatic carbocycles. The van der Waals surface area contributed by atoms with Crippen molar-refractivity contribution in [2.75, 3.05) is 0 Å². The summed E-state index contributed by atoms with van der Waals surface area (Å²) in [5.41, 5.74) is 3.80. The van der Waals surface area contributed by atoms with Gasteiger partial charge in [0.1, 0.15) is 0 Å². The molecule has 1 aromatic carbocycles. The van der Waals surface area contributed by atoms with Gasteiger partial charge in [0.25, 0.3) is 0 Å². The Morgan fingerprint density at radius 3 is 2.60 bits per heavy atom. The summed E-state index contributed by atoms with van der Waals surface area (Å²) in [5, 5.41) is 0. The molecule has 2 rings (SSSR count). The van der Waals surface area contributed by atoms with Crippen molar-refractivity contribution in [3.8, 4) is 0 Å². The largest absolute Gasteiger partial charge is 0.258 e. The van der Waals surface area contributed by atoms with E-state index in [4.69, 9.17) is 4.99 Å². The molecule has 15 heavy (non-hydrogen) atoms. The van der Waals surface area contributed by atoms with Crippen LogP contribution in [0.25, 0.3) is 0 Å². The molecule has 1 aliphatic rings. The molecule has 0 saturated heterocycles. The summed E-state index contributed by atoms with van der Waals surface area (Å²) in [6.45, 7) is 4.43. The van der Waals surface area contributed by atoms with Crippen LogP contribution < -0.4 is 0 Å². The smallest absolute Gasteiger partial charge is 0.0629 e. The monoisotopic (exact) mass is 201 g/mol. The van der Waals surface area contributed by atoms with E-state index in [9.17, 15) is 0 Å². The quantitative estimate of drug-likeness (QED) is 0.643. The molecule has 1 atom stereocenters. The highest BCUT2D eigenvalue weighted by Crippen LogP contribution is 2.24. The first-order chi connectivity index (χ1) is 7.24. The maximum absolute atomic E-state index is 4.73. The van der Waals surface area contributed by atoms with E-state index >= 15 is 0 Å². The van der Waals surface area contributed by atoms with Gasteiger partial charge in [0.15, 0.2) is 0 Å². The highest BCUT2D eigenvalue weighted by atomic mass is 14.7. The third kappa shape index (κ3) is 2.92. The van der Waals surface area contributed by atoms with E-state index in [2.05, 4.69) is 38.1 Å². The number of hydrogen-bond donors (Lipinski definition) is 0.